The second-order valence-electron chi connectivity index (χ2n) is 6.09. The molecule has 2 aromatic rings. The van der Waals surface area contributed by atoms with Crippen molar-refractivity contribution >= 4 is 67.8 Å². The zero-order chi connectivity index (χ0) is 20.1. The van der Waals surface area contributed by atoms with Crippen LogP contribution in [0, 0.1) is 0 Å². The highest BCUT2D eigenvalue weighted by atomic mass is 79.9. The minimum absolute atomic E-state index is 0.0904. The van der Waals surface area contributed by atoms with E-state index in [0.29, 0.717) is 27.9 Å². The molecular weight excluding hydrogens is 460 g/mol. The Morgan fingerprint density at radius 2 is 2.04 bits per heavy atom. The quantitative estimate of drug-likeness (QED) is 0.463. The summed E-state index contributed by atoms with van der Waals surface area (Å²) in [5.41, 5.74) is 1.45. The summed E-state index contributed by atoms with van der Waals surface area (Å²) in [6, 6.07) is 14.0. The lowest BCUT2D eigenvalue weighted by molar-refractivity contribution is -0.122. The van der Waals surface area contributed by atoms with Gasteiger partial charge in [-0.15, -0.1) is 0 Å². The van der Waals surface area contributed by atoms with Crippen LogP contribution in [-0.4, -0.2) is 32.7 Å². The number of thioether (sulfide) groups is 1. The maximum absolute atomic E-state index is 12.6. The van der Waals surface area contributed by atoms with Gasteiger partial charge in [-0.05, 0) is 42.3 Å². The molecule has 1 heterocycles. The molecule has 1 saturated heterocycles. The van der Waals surface area contributed by atoms with Crippen LogP contribution in [0.5, 0.6) is 5.75 Å². The third-order valence-electron chi connectivity index (χ3n) is 3.94. The fourth-order valence-electron chi connectivity index (χ4n) is 2.65. The van der Waals surface area contributed by atoms with Crippen molar-refractivity contribution in [2.24, 2.45) is 0 Å². The van der Waals surface area contributed by atoms with Gasteiger partial charge in [-0.25, -0.2) is 0 Å². The number of hydrogen-bond acceptors (Lipinski definition) is 5. The first-order valence-corrected chi connectivity index (χ1v) is 10.5. The number of nitrogens with one attached hydrogen (secondary N) is 1. The van der Waals surface area contributed by atoms with Crippen molar-refractivity contribution in [2.75, 3.05) is 11.9 Å². The number of rotatable bonds is 6. The monoisotopic (exact) mass is 476 g/mol. The number of phenols is 1. The summed E-state index contributed by atoms with van der Waals surface area (Å²) in [5.74, 6) is -0.225. The molecule has 1 aliphatic rings. The number of nitrogens with zero attached hydrogens (tertiary/aromatic N) is 1. The first-order chi connectivity index (χ1) is 13.4. The van der Waals surface area contributed by atoms with Crippen LogP contribution in [0.25, 0.3) is 6.08 Å². The van der Waals surface area contributed by atoms with Gasteiger partial charge >= 0.3 is 0 Å². The van der Waals surface area contributed by atoms with Crippen molar-refractivity contribution in [3.63, 3.8) is 0 Å². The molecule has 1 fully saturated rings. The van der Waals surface area contributed by atoms with Crippen LogP contribution in [0.4, 0.5) is 5.69 Å². The van der Waals surface area contributed by atoms with Crippen molar-refractivity contribution in [3.8, 4) is 5.75 Å². The van der Waals surface area contributed by atoms with Crippen LogP contribution in [0.2, 0.25) is 0 Å². The molecular formula is C20H17BrN2O3S2. The lowest BCUT2D eigenvalue weighted by Gasteiger charge is -2.14. The molecule has 0 bridgehead atoms. The second-order valence-corrected chi connectivity index (χ2v) is 8.68. The largest absolute Gasteiger partial charge is 0.508 e. The molecule has 28 heavy (non-hydrogen) atoms. The number of aromatic hydroxyl groups is 1. The highest BCUT2D eigenvalue weighted by Crippen LogP contribution is 2.33. The van der Waals surface area contributed by atoms with Crippen molar-refractivity contribution in [3.05, 3.63) is 63.5 Å². The van der Waals surface area contributed by atoms with E-state index >= 15 is 0 Å². The predicted octanol–water partition coefficient (Wildman–Crippen LogP) is 4.77. The Morgan fingerprint density at radius 1 is 1.25 bits per heavy atom. The smallest absolute Gasteiger partial charge is 0.266 e. The Labute approximate surface area is 180 Å². The van der Waals surface area contributed by atoms with Crippen LogP contribution in [0.1, 0.15) is 18.4 Å². The van der Waals surface area contributed by atoms with Crippen LogP contribution in [0.15, 0.2) is 57.9 Å². The average Bonchev–Trinajstić information content (AvgIpc) is 2.89. The van der Waals surface area contributed by atoms with Crippen molar-refractivity contribution in [1.82, 2.24) is 4.90 Å². The summed E-state index contributed by atoms with van der Waals surface area (Å²) in [6.07, 6.45) is 2.55. The maximum Gasteiger partial charge on any atom is 0.266 e. The Balaban J connectivity index is 1.54. The molecule has 0 spiro atoms. The van der Waals surface area contributed by atoms with E-state index < -0.39 is 0 Å². The van der Waals surface area contributed by atoms with Gasteiger partial charge in [0.2, 0.25) is 5.91 Å². The number of hydrogen-bond donors (Lipinski definition) is 2. The second kappa shape index (κ2) is 9.36. The number of amides is 2. The van der Waals surface area contributed by atoms with Crippen molar-refractivity contribution in [2.45, 2.75) is 12.8 Å². The molecule has 144 valence electrons. The fraction of sp³-hybridized carbons (Fsp3) is 0.150. The van der Waals surface area contributed by atoms with E-state index in [0.717, 1.165) is 10.0 Å². The molecule has 8 heteroatoms. The third-order valence-corrected chi connectivity index (χ3v) is 5.81. The molecule has 1 aliphatic heterocycles. The van der Waals surface area contributed by atoms with Crippen LogP contribution in [0.3, 0.4) is 0 Å². The van der Waals surface area contributed by atoms with Gasteiger partial charge in [0.25, 0.3) is 5.91 Å². The molecule has 2 N–H and O–H groups in total. The lowest BCUT2D eigenvalue weighted by atomic mass is 10.2. The van der Waals surface area contributed by atoms with E-state index in [1.54, 1.807) is 12.1 Å². The van der Waals surface area contributed by atoms with Gasteiger partial charge in [0.05, 0.1) is 4.91 Å². The number of phenolic OH excluding ortho intramolecular Hbond substituents is 1. The molecule has 2 amide bonds. The SMILES string of the molecule is O=C(CCCN1C(=O)/C(=C\c2cccc(Br)c2)SC1=S)Nc1cccc(O)c1. The summed E-state index contributed by atoms with van der Waals surface area (Å²) in [4.78, 5) is 26.8. The third kappa shape index (κ3) is 5.43. The zero-order valence-corrected chi connectivity index (χ0v) is 17.9. The van der Waals surface area contributed by atoms with E-state index in [-0.39, 0.29) is 24.0 Å². The fourth-order valence-corrected chi connectivity index (χ4v) is 4.37. The van der Waals surface area contributed by atoms with Gasteiger partial charge in [-0.2, -0.15) is 0 Å². The Bertz CT molecular complexity index is 962. The van der Waals surface area contributed by atoms with E-state index in [9.17, 15) is 14.7 Å². The summed E-state index contributed by atoms with van der Waals surface area (Å²) < 4.78 is 1.44. The van der Waals surface area contributed by atoms with Crippen molar-refractivity contribution in [1.29, 1.82) is 0 Å². The Morgan fingerprint density at radius 3 is 2.79 bits per heavy atom. The number of benzene rings is 2. The van der Waals surface area contributed by atoms with Gasteiger partial charge in [0.15, 0.2) is 0 Å². The molecule has 0 saturated carbocycles. The standard InChI is InChI=1S/C20H17BrN2O3S2/c21-14-5-1-4-13(10-14)11-17-19(26)23(20(27)28-17)9-3-8-18(25)22-15-6-2-7-16(24)12-15/h1-2,4-7,10-12,24H,3,8-9H2,(H,22,25)/b17-11+. The highest BCUT2D eigenvalue weighted by Gasteiger charge is 2.31. The van der Waals surface area contributed by atoms with E-state index in [4.69, 9.17) is 12.2 Å². The van der Waals surface area contributed by atoms with Gasteiger partial charge in [-0.1, -0.05) is 58.1 Å². The highest BCUT2D eigenvalue weighted by molar-refractivity contribution is 9.10. The number of halogens is 1. The number of anilines is 1. The summed E-state index contributed by atoms with van der Waals surface area (Å²) in [7, 11) is 0. The van der Waals surface area contributed by atoms with Crippen LogP contribution >= 0.6 is 39.9 Å². The van der Waals surface area contributed by atoms with Crippen LogP contribution in [-0.2, 0) is 9.59 Å². The molecule has 0 unspecified atom stereocenters. The predicted molar refractivity (Wildman–Crippen MR) is 120 cm³/mol. The molecule has 0 radical (unpaired) electrons. The van der Waals surface area contributed by atoms with Gasteiger partial charge in [-0.3, -0.25) is 14.5 Å². The van der Waals surface area contributed by atoms with E-state index in [1.165, 1.54) is 28.8 Å². The summed E-state index contributed by atoms with van der Waals surface area (Å²) in [5, 5.41) is 12.2. The number of carbonyl (C=O) groups is 2. The zero-order valence-electron chi connectivity index (χ0n) is 14.7. The molecule has 5 nitrogen and oxygen atoms in total. The topological polar surface area (TPSA) is 69.6 Å². The summed E-state index contributed by atoms with van der Waals surface area (Å²) >= 11 is 10.0. The first-order valence-electron chi connectivity index (χ1n) is 8.52. The molecule has 3 rings (SSSR count). The lowest BCUT2D eigenvalue weighted by Crippen LogP contribution is -2.29. The minimum Gasteiger partial charge on any atom is -0.508 e. The average molecular weight is 477 g/mol. The first kappa shape index (κ1) is 20.6. The number of carbonyl (C=O) groups excluding carboxylic acids is 2. The molecule has 0 atom stereocenters. The minimum atomic E-state index is -0.180. The van der Waals surface area contributed by atoms with Crippen LogP contribution < -0.4 is 5.32 Å². The number of thiocarbonyl (C=S) groups is 1. The Hall–Kier alpha value is -2.16. The van der Waals surface area contributed by atoms with E-state index in [2.05, 4.69) is 21.2 Å². The van der Waals surface area contributed by atoms with Crippen molar-refractivity contribution < 1.29 is 14.7 Å². The van der Waals surface area contributed by atoms with Gasteiger partial charge in [0.1, 0.15) is 10.1 Å². The molecule has 0 aliphatic carbocycles. The van der Waals surface area contributed by atoms with Gasteiger partial charge in [0, 0.05) is 29.2 Å². The Kier molecular flexibility index (Phi) is 6.88. The van der Waals surface area contributed by atoms with Gasteiger partial charge < -0.3 is 10.4 Å². The normalized spacial score (nSPS) is 15.3. The molecule has 2 aromatic carbocycles. The van der Waals surface area contributed by atoms with E-state index in [1.807, 2.05) is 30.3 Å². The molecule has 0 aromatic heterocycles. The summed E-state index contributed by atoms with van der Waals surface area (Å²) in [6.45, 7) is 0.383. The maximum atomic E-state index is 12.6.